The molecular weight excluding hydrogens is 283 g/mol. The SMILES string of the molecule is CC(NC(=O)c1cnn(C)c1)c1ccc(C(F)(F)F)cc1. The van der Waals surface area contributed by atoms with Crippen molar-refractivity contribution in [2.24, 2.45) is 7.05 Å². The molecule has 2 rings (SSSR count). The summed E-state index contributed by atoms with van der Waals surface area (Å²) in [5.74, 6) is -0.324. The van der Waals surface area contributed by atoms with Crippen molar-refractivity contribution in [2.45, 2.75) is 19.1 Å². The Balaban J connectivity index is 2.06. The van der Waals surface area contributed by atoms with Crippen LogP contribution < -0.4 is 5.32 Å². The number of hydrogen-bond acceptors (Lipinski definition) is 2. The molecule has 0 spiro atoms. The fraction of sp³-hybridized carbons (Fsp3) is 0.286. The van der Waals surface area contributed by atoms with E-state index < -0.39 is 17.8 Å². The smallest absolute Gasteiger partial charge is 0.345 e. The number of aromatic nitrogens is 2. The first-order valence-electron chi connectivity index (χ1n) is 6.24. The zero-order valence-corrected chi connectivity index (χ0v) is 11.5. The largest absolute Gasteiger partial charge is 0.416 e. The Morgan fingerprint density at radius 1 is 1.29 bits per heavy atom. The zero-order chi connectivity index (χ0) is 15.6. The maximum Gasteiger partial charge on any atom is 0.416 e. The van der Waals surface area contributed by atoms with Crippen LogP contribution in [0.2, 0.25) is 0 Å². The Morgan fingerprint density at radius 3 is 2.38 bits per heavy atom. The van der Waals surface area contributed by atoms with Crippen LogP contribution in [-0.2, 0) is 13.2 Å². The molecule has 0 aliphatic heterocycles. The monoisotopic (exact) mass is 297 g/mol. The Bertz CT molecular complexity index is 632. The number of amides is 1. The molecule has 4 nitrogen and oxygen atoms in total. The average Bonchev–Trinajstić information content (AvgIpc) is 2.84. The van der Waals surface area contributed by atoms with Crippen molar-refractivity contribution in [3.05, 3.63) is 53.3 Å². The lowest BCUT2D eigenvalue weighted by Crippen LogP contribution is -2.26. The summed E-state index contributed by atoms with van der Waals surface area (Å²) in [5.41, 5.74) is 0.286. The fourth-order valence-electron chi connectivity index (χ4n) is 1.86. The van der Waals surface area contributed by atoms with Gasteiger partial charge in [0.1, 0.15) is 0 Å². The van der Waals surface area contributed by atoms with Crippen molar-refractivity contribution in [3.8, 4) is 0 Å². The molecule has 0 aliphatic rings. The normalized spacial score (nSPS) is 13.0. The van der Waals surface area contributed by atoms with Gasteiger partial charge in [0.2, 0.25) is 0 Å². The number of carbonyl (C=O) groups is 1. The Kier molecular flexibility index (Phi) is 4.02. The maximum absolute atomic E-state index is 12.5. The number of rotatable bonds is 3. The number of aryl methyl sites for hydroxylation is 1. The molecule has 0 saturated carbocycles. The minimum Gasteiger partial charge on any atom is -0.345 e. The standard InChI is InChI=1S/C14H14F3N3O/c1-9(19-13(21)11-7-18-20(2)8-11)10-3-5-12(6-4-10)14(15,16)17/h3-9H,1-2H3,(H,19,21). The van der Waals surface area contributed by atoms with E-state index in [4.69, 9.17) is 0 Å². The Labute approximate surface area is 119 Å². The number of nitrogens with one attached hydrogen (secondary N) is 1. The number of benzene rings is 1. The maximum atomic E-state index is 12.5. The molecule has 112 valence electrons. The molecule has 1 amide bonds. The molecule has 0 fully saturated rings. The third-order valence-corrected chi connectivity index (χ3v) is 3.05. The highest BCUT2D eigenvalue weighted by Crippen LogP contribution is 2.29. The second kappa shape index (κ2) is 5.59. The molecule has 1 aromatic heterocycles. The number of halogens is 3. The highest BCUT2D eigenvalue weighted by atomic mass is 19.4. The van der Waals surface area contributed by atoms with Crippen molar-refractivity contribution >= 4 is 5.91 Å². The summed E-state index contributed by atoms with van der Waals surface area (Å²) >= 11 is 0. The van der Waals surface area contributed by atoms with Gasteiger partial charge in [-0.3, -0.25) is 9.48 Å². The van der Waals surface area contributed by atoms with Gasteiger partial charge in [-0.2, -0.15) is 18.3 Å². The molecule has 1 unspecified atom stereocenters. The van der Waals surface area contributed by atoms with Gasteiger partial charge in [0.25, 0.3) is 5.91 Å². The second-order valence-electron chi connectivity index (χ2n) is 4.72. The molecule has 7 heteroatoms. The van der Waals surface area contributed by atoms with Gasteiger partial charge in [-0.15, -0.1) is 0 Å². The van der Waals surface area contributed by atoms with Gasteiger partial charge in [-0.05, 0) is 24.6 Å². The van der Waals surface area contributed by atoms with E-state index in [-0.39, 0.29) is 5.91 Å². The minimum absolute atomic E-state index is 0.324. The van der Waals surface area contributed by atoms with Crippen molar-refractivity contribution in [1.82, 2.24) is 15.1 Å². The summed E-state index contributed by atoms with van der Waals surface area (Å²) in [4.78, 5) is 11.9. The van der Waals surface area contributed by atoms with E-state index in [2.05, 4.69) is 10.4 Å². The summed E-state index contributed by atoms with van der Waals surface area (Å²) < 4.78 is 38.9. The van der Waals surface area contributed by atoms with E-state index in [9.17, 15) is 18.0 Å². The first-order chi connectivity index (χ1) is 9.77. The average molecular weight is 297 g/mol. The molecule has 0 bridgehead atoms. The van der Waals surface area contributed by atoms with Gasteiger partial charge < -0.3 is 5.32 Å². The van der Waals surface area contributed by atoms with Crippen molar-refractivity contribution in [3.63, 3.8) is 0 Å². The lowest BCUT2D eigenvalue weighted by Gasteiger charge is -2.15. The van der Waals surface area contributed by atoms with E-state index >= 15 is 0 Å². The van der Waals surface area contributed by atoms with E-state index in [1.165, 1.54) is 23.0 Å². The molecule has 1 atom stereocenters. The highest BCUT2D eigenvalue weighted by molar-refractivity contribution is 5.93. The molecule has 0 saturated heterocycles. The van der Waals surface area contributed by atoms with Crippen LogP contribution in [-0.4, -0.2) is 15.7 Å². The van der Waals surface area contributed by atoms with Crippen LogP contribution in [0.15, 0.2) is 36.7 Å². The molecule has 21 heavy (non-hydrogen) atoms. The molecule has 1 heterocycles. The second-order valence-corrected chi connectivity index (χ2v) is 4.72. The summed E-state index contributed by atoms with van der Waals surface area (Å²) in [5, 5.41) is 6.60. The van der Waals surface area contributed by atoms with Crippen LogP contribution >= 0.6 is 0 Å². The van der Waals surface area contributed by atoms with E-state index in [1.807, 2.05) is 0 Å². The van der Waals surface area contributed by atoms with Crippen LogP contribution in [0.1, 0.15) is 34.5 Å². The summed E-state index contributed by atoms with van der Waals surface area (Å²) in [6, 6.07) is 4.32. The van der Waals surface area contributed by atoms with Gasteiger partial charge in [0, 0.05) is 13.2 Å². The molecule has 0 radical (unpaired) electrons. The predicted molar refractivity (Wildman–Crippen MR) is 70.5 cm³/mol. The lowest BCUT2D eigenvalue weighted by molar-refractivity contribution is -0.137. The molecular formula is C14H14F3N3O. The molecule has 1 aromatic carbocycles. The molecule has 2 aromatic rings. The van der Waals surface area contributed by atoms with Gasteiger partial charge in [0.05, 0.1) is 23.4 Å². The van der Waals surface area contributed by atoms with Crippen LogP contribution in [0.4, 0.5) is 13.2 Å². The van der Waals surface area contributed by atoms with Crippen LogP contribution in [0.3, 0.4) is 0 Å². The van der Waals surface area contributed by atoms with E-state index in [0.717, 1.165) is 12.1 Å². The van der Waals surface area contributed by atoms with E-state index in [0.29, 0.717) is 11.1 Å². The van der Waals surface area contributed by atoms with E-state index in [1.54, 1.807) is 20.2 Å². The van der Waals surface area contributed by atoms with Crippen molar-refractivity contribution in [1.29, 1.82) is 0 Å². The first-order valence-corrected chi connectivity index (χ1v) is 6.24. The number of hydrogen-bond donors (Lipinski definition) is 1. The summed E-state index contributed by atoms with van der Waals surface area (Å²) in [7, 11) is 1.69. The van der Waals surface area contributed by atoms with Gasteiger partial charge >= 0.3 is 6.18 Å². The number of alkyl halides is 3. The van der Waals surface area contributed by atoms with Crippen LogP contribution in [0.25, 0.3) is 0 Å². The summed E-state index contributed by atoms with van der Waals surface area (Å²) in [6.07, 6.45) is -1.37. The zero-order valence-electron chi connectivity index (χ0n) is 11.5. The minimum atomic E-state index is -4.36. The van der Waals surface area contributed by atoms with Gasteiger partial charge in [-0.1, -0.05) is 12.1 Å². The molecule has 0 aliphatic carbocycles. The van der Waals surface area contributed by atoms with Crippen LogP contribution in [0.5, 0.6) is 0 Å². The van der Waals surface area contributed by atoms with Gasteiger partial charge in [0.15, 0.2) is 0 Å². The first kappa shape index (κ1) is 15.1. The third kappa shape index (κ3) is 3.62. The fourth-order valence-corrected chi connectivity index (χ4v) is 1.86. The quantitative estimate of drug-likeness (QED) is 0.947. The number of nitrogens with zero attached hydrogens (tertiary/aromatic N) is 2. The van der Waals surface area contributed by atoms with Gasteiger partial charge in [-0.25, -0.2) is 0 Å². The van der Waals surface area contributed by atoms with Crippen LogP contribution in [0, 0.1) is 0 Å². The van der Waals surface area contributed by atoms with Crippen molar-refractivity contribution < 1.29 is 18.0 Å². The van der Waals surface area contributed by atoms with Crippen molar-refractivity contribution in [2.75, 3.05) is 0 Å². The molecule has 1 N–H and O–H groups in total. The number of carbonyl (C=O) groups excluding carboxylic acids is 1. The Hall–Kier alpha value is -2.31. The summed E-state index contributed by atoms with van der Waals surface area (Å²) in [6.45, 7) is 1.71. The topological polar surface area (TPSA) is 46.9 Å². The highest BCUT2D eigenvalue weighted by Gasteiger charge is 2.30. The predicted octanol–water partition coefficient (Wildman–Crippen LogP) is 2.93. The third-order valence-electron chi connectivity index (χ3n) is 3.05. The lowest BCUT2D eigenvalue weighted by atomic mass is 10.1. The Morgan fingerprint density at radius 2 is 1.90 bits per heavy atom.